The fourth-order valence-corrected chi connectivity index (χ4v) is 2.93. The SMILES string of the molecule is CCN(C(=O)c1nccn1C)C1CCCC1CN. The highest BCUT2D eigenvalue weighted by molar-refractivity contribution is 5.91. The number of carbonyl (C=O) groups excluding carboxylic acids is 1. The van der Waals surface area contributed by atoms with Crippen LogP contribution in [0.25, 0.3) is 0 Å². The molecular formula is C13H22N4O. The third-order valence-electron chi connectivity index (χ3n) is 3.94. The molecule has 1 fully saturated rings. The van der Waals surface area contributed by atoms with E-state index in [1.807, 2.05) is 18.9 Å². The van der Waals surface area contributed by atoms with Crippen molar-refractivity contribution in [2.24, 2.45) is 18.7 Å². The van der Waals surface area contributed by atoms with Crippen LogP contribution in [0.15, 0.2) is 12.4 Å². The predicted octanol–water partition coefficient (Wildman–Crippen LogP) is 1.01. The molecular weight excluding hydrogens is 228 g/mol. The van der Waals surface area contributed by atoms with Crippen molar-refractivity contribution in [2.75, 3.05) is 13.1 Å². The van der Waals surface area contributed by atoms with Crippen LogP contribution in [0.2, 0.25) is 0 Å². The standard InChI is InChI=1S/C13H22N4O/c1-3-17(11-6-4-5-10(11)9-14)13(18)12-15-7-8-16(12)2/h7-8,10-11H,3-6,9,14H2,1-2H3. The quantitative estimate of drug-likeness (QED) is 0.867. The summed E-state index contributed by atoms with van der Waals surface area (Å²) in [4.78, 5) is 18.6. The zero-order valence-electron chi connectivity index (χ0n) is 11.2. The Morgan fingerprint density at radius 2 is 2.39 bits per heavy atom. The van der Waals surface area contributed by atoms with E-state index >= 15 is 0 Å². The van der Waals surface area contributed by atoms with Gasteiger partial charge in [0.2, 0.25) is 0 Å². The van der Waals surface area contributed by atoms with Gasteiger partial charge in [0, 0.05) is 32.0 Å². The maximum atomic E-state index is 12.5. The molecule has 5 nitrogen and oxygen atoms in total. The van der Waals surface area contributed by atoms with Gasteiger partial charge in [0.25, 0.3) is 5.91 Å². The van der Waals surface area contributed by atoms with Crippen LogP contribution in [0.4, 0.5) is 0 Å². The molecule has 0 radical (unpaired) electrons. The van der Waals surface area contributed by atoms with E-state index < -0.39 is 0 Å². The van der Waals surface area contributed by atoms with Crippen LogP contribution >= 0.6 is 0 Å². The predicted molar refractivity (Wildman–Crippen MR) is 70.1 cm³/mol. The van der Waals surface area contributed by atoms with Crippen molar-refractivity contribution in [1.29, 1.82) is 0 Å². The molecule has 1 aliphatic carbocycles. The first kappa shape index (κ1) is 13.1. The molecule has 18 heavy (non-hydrogen) atoms. The Morgan fingerprint density at radius 3 is 2.94 bits per heavy atom. The van der Waals surface area contributed by atoms with Gasteiger partial charge in [-0.1, -0.05) is 6.42 Å². The van der Waals surface area contributed by atoms with E-state index in [9.17, 15) is 4.79 Å². The minimum atomic E-state index is 0.0235. The van der Waals surface area contributed by atoms with Crippen LogP contribution in [0.5, 0.6) is 0 Å². The summed E-state index contributed by atoms with van der Waals surface area (Å²) >= 11 is 0. The molecule has 0 aliphatic heterocycles. The summed E-state index contributed by atoms with van der Waals surface area (Å²) in [5.41, 5.74) is 5.81. The van der Waals surface area contributed by atoms with Gasteiger partial charge in [0.1, 0.15) is 0 Å². The summed E-state index contributed by atoms with van der Waals surface area (Å²) < 4.78 is 1.78. The highest BCUT2D eigenvalue weighted by Gasteiger charge is 2.34. The first-order valence-electron chi connectivity index (χ1n) is 6.67. The van der Waals surface area contributed by atoms with E-state index in [1.165, 1.54) is 0 Å². The van der Waals surface area contributed by atoms with Crippen molar-refractivity contribution in [1.82, 2.24) is 14.5 Å². The van der Waals surface area contributed by atoms with Crippen molar-refractivity contribution < 1.29 is 4.79 Å². The third kappa shape index (κ3) is 2.27. The van der Waals surface area contributed by atoms with E-state index in [0.717, 1.165) is 19.3 Å². The molecule has 2 N–H and O–H groups in total. The zero-order chi connectivity index (χ0) is 13.1. The van der Waals surface area contributed by atoms with Crippen molar-refractivity contribution in [3.05, 3.63) is 18.2 Å². The molecule has 1 aliphatic rings. The minimum Gasteiger partial charge on any atom is -0.333 e. The third-order valence-corrected chi connectivity index (χ3v) is 3.94. The van der Waals surface area contributed by atoms with Gasteiger partial charge in [-0.25, -0.2) is 4.98 Å². The second-order valence-corrected chi connectivity index (χ2v) is 4.95. The number of nitrogens with zero attached hydrogens (tertiary/aromatic N) is 3. The van der Waals surface area contributed by atoms with E-state index in [4.69, 9.17) is 5.73 Å². The van der Waals surface area contributed by atoms with Gasteiger partial charge in [-0.3, -0.25) is 4.79 Å². The maximum Gasteiger partial charge on any atom is 0.290 e. The lowest BCUT2D eigenvalue weighted by molar-refractivity contribution is 0.0635. The van der Waals surface area contributed by atoms with Crippen LogP contribution in [0, 0.1) is 5.92 Å². The molecule has 0 spiro atoms. The summed E-state index contributed by atoms with van der Waals surface area (Å²) in [6, 6.07) is 0.282. The second-order valence-electron chi connectivity index (χ2n) is 4.95. The lowest BCUT2D eigenvalue weighted by Crippen LogP contribution is -2.44. The van der Waals surface area contributed by atoms with Crippen molar-refractivity contribution in [3.8, 4) is 0 Å². The Bertz CT molecular complexity index is 415. The molecule has 0 aromatic carbocycles. The Kier molecular flexibility index (Phi) is 4.01. The largest absolute Gasteiger partial charge is 0.333 e. The summed E-state index contributed by atoms with van der Waals surface area (Å²) in [7, 11) is 1.85. The second kappa shape index (κ2) is 5.52. The Morgan fingerprint density at radius 1 is 1.61 bits per heavy atom. The molecule has 100 valence electrons. The number of hydrogen-bond acceptors (Lipinski definition) is 3. The molecule has 1 heterocycles. The summed E-state index contributed by atoms with van der Waals surface area (Å²) in [6.45, 7) is 3.40. The average Bonchev–Trinajstić information content (AvgIpc) is 2.98. The first-order valence-corrected chi connectivity index (χ1v) is 6.67. The zero-order valence-corrected chi connectivity index (χ0v) is 11.2. The van der Waals surface area contributed by atoms with Gasteiger partial charge < -0.3 is 15.2 Å². The normalized spacial score (nSPS) is 23.3. The van der Waals surface area contributed by atoms with Gasteiger partial charge in [-0.2, -0.15) is 0 Å². The van der Waals surface area contributed by atoms with Crippen LogP contribution in [0.1, 0.15) is 36.8 Å². The topological polar surface area (TPSA) is 64.2 Å². The molecule has 1 aromatic rings. The molecule has 1 amide bonds. The molecule has 2 atom stereocenters. The van der Waals surface area contributed by atoms with Crippen LogP contribution in [-0.2, 0) is 7.05 Å². The summed E-state index contributed by atoms with van der Waals surface area (Å²) in [6.07, 6.45) is 6.82. The van der Waals surface area contributed by atoms with Gasteiger partial charge >= 0.3 is 0 Å². The lowest BCUT2D eigenvalue weighted by Gasteiger charge is -2.31. The maximum absolute atomic E-state index is 12.5. The average molecular weight is 250 g/mol. The van der Waals surface area contributed by atoms with Crippen LogP contribution in [-0.4, -0.2) is 39.5 Å². The van der Waals surface area contributed by atoms with Gasteiger partial charge in [0.05, 0.1) is 0 Å². The molecule has 0 saturated heterocycles. The van der Waals surface area contributed by atoms with E-state index in [0.29, 0.717) is 24.8 Å². The number of amides is 1. The van der Waals surface area contributed by atoms with Crippen LogP contribution < -0.4 is 5.73 Å². The fourth-order valence-electron chi connectivity index (χ4n) is 2.93. The van der Waals surface area contributed by atoms with Crippen LogP contribution in [0.3, 0.4) is 0 Å². The van der Waals surface area contributed by atoms with E-state index in [2.05, 4.69) is 4.98 Å². The molecule has 5 heteroatoms. The molecule has 1 aromatic heterocycles. The monoisotopic (exact) mass is 250 g/mol. The summed E-state index contributed by atoms with van der Waals surface area (Å²) in [5, 5.41) is 0. The Balaban J connectivity index is 2.18. The Hall–Kier alpha value is -1.36. The van der Waals surface area contributed by atoms with Gasteiger partial charge in [-0.15, -0.1) is 0 Å². The summed E-state index contributed by atoms with van der Waals surface area (Å²) in [5.74, 6) is 0.976. The number of aromatic nitrogens is 2. The highest BCUT2D eigenvalue weighted by Crippen LogP contribution is 2.29. The smallest absolute Gasteiger partial charge is 0.290 e. The molecule has 0 bridgehead atoms. The lowest BCUT2D eigenvalue weighted by atomic mass is 10.0. The van der Waals surface area contributed by atoms with Gasteiger partial charge in [0.15, 0.2) is 5.82 Å². The number of carbonyl (C=O) groups is 1. The highest BCUT2D eigenvalue weighted by atomic mass is 16.2. The van der Waals surface area contributed by atoms with E-state index in [-0.39, 0.29) is 11.9 Å². The van der Waals surface area contributed by atoms with Crippen molar-refractivity contribution in [3.63, 3.8) is 0 Å². The number of nitrogens with two attached hydrogens (primary N) is 1. The van der Waals surface area contributed by atoms with E-state index in [1.54, 1.807) is 17.0 Å². The number of rotatable bonds is 4. The fraction of sp³-hybridized carbons (Fsp3) is 0.692. The first-order chi connectivity index (χ1) is 8.69. The molecule has 2 unspecified atom stereocenters. The molecule has 1 saturated carbocycles. The Labute approximate surface area is 108 Å². The number of imidazole rings is 1. The minimum absolute atomic E-state index is 0.0235. The number of hydrogen-bond donors (Lipinski definition) is 1. The number of aryl methyl sites for hydroxylation is 1. The molecule has 2 rings (SSSR count). The van der Waals surface area contributed by atoms with Gasteiger partial charge in [-0.05, 0) is 32.2 Å². The van der Waals surface area contributed by atoms with Crippen molar-refractivity contribution >= 4 is 5.91 Å². The van der Waals surface area contributed by atoms with Crippen molar-refractivity contribution in [2.45, 2.75) is 32.2 Å².